The zero-order valence-electron chi connectivity index (χ0n) is 13.7. The molecule has 1 aliphatic heterocycles. The van der Waals surface area contributed by atoms with Crippen LogP contribution in [0.5, 0.6) is 5.75 Å². The summed E-state index contributed by atoms with van der Waals surface area (Å²) in [6.45, 7) is 1.78. The van der Waals surface area contributed by atoms with Gasteiger partial charge in [0.25, 0.3) is 21.8 Å². The van der Waals surface area contributed by atoms with E-state index in [0.29, 0.717) is 12.2 Å². The van der Waals surface area contributed by atoms with E-state index in [2.05, 4.69) is 5.32 Å². The molecule has 0 saturated heterocycles. The van der Waals surface area contributed by atoms with Crippen LogP contribution in [0.1, 0.15) is 23.7 Å². The Bertz CT molecular complexity index is 990. The lowest BCUT2D eigenvalue weighted by Crippen LogP contribution is -2.36. The Balaban J connectivity index is 1.87. The fraction of sp³-hybridized carbons (Fsp3) is 0.176. The van der Waals surface area contributed by atoms with Crippen molar-refractivity contribution in [2.75, 3.05) is 5.32 Å². The van der Waals surface area contributed by atoms with Gasteiger partial charge in [0.15, 0.2) is 6.10 Å². The zero-order chi connectivity index (χ0) is 18.9. The summed E-state index contributed by atoms with van der Waals surface area (Å²) in [6.07, 6.45) is -0.185. The average Bonchev–Trinajstić information content (AvgIpc) is 2.60. The van der Waals surface area contributed by atoms with Gasteiger partial charge in [-0.25, -0.2) is 17.5 Å². The molecule has 0 aromatic heterocycles. The van der Waals surface area contributed by atoms with Gasteiger partial charge in [0.05, 0.1) is 16.1 Å². The van der Waals surface area contributed by atoms with Crippen LogP contribution in [0.4, 0.5) is 10.1 Å². The summed E-state index contributed by atoms with van der Waals surface area (Å²) in [6, 6.07) is 8.83. The van der Waals surface area contributed by atoms with Crippen LogP contribution in [0.25, 0.3) is 0 Å². The highest BCUT2D eigenvalue weighted by molar-refractivity contribution is 7.90. The van der Waals surface area contributed by atoms with E-state index in [1.54, 1.807) is 6.92 Å². The van der Waals surface area contributed by atoms with Crippen LogP contribution >= 0.6 is 0 Å². The molecule has 0 spiro atoms. The maximum Gasteiger partial charge on any atom is 0.267 e. The van der Waals surface area contributed by atoms with Crippen LogP contribution in [0.15, 0.2) is 47.4 Å². The van der Waals surface area contributed by atoms with E-state index in [9.17, 15) is 22.4 Å². The predicted molar refractivity (Wildman–Crippen MR) is 90.8 cm³/mol. The fourth-order valence-electron chi connectivity index (χ4n) is 2.45. The number of halogens is 1. The molecular weight excluding hydrogens is 363 g/mol. The minimum absolute atomic E-state index is 0.181. The van der Waals surface area contributed by atoms with Crippen molar-refractivity contribution in [2.24, 2.45) is 0 Å². The second-order valence-corrected chi connectivity index (χ2v) is 7.26. The first-order valence-corrected chi connectivity index (χ1v) is 9.23. The third-order valence-electron chi connectivity index (χ3n) is 3.80. The van der Waals surface area contributed by atoms with Gasteiger partial charge in [-0.15, -0.1) is 0 Å². The molecule has 136 valence electrons. The summed E-state index contributed by atoms with van der Waals surface area (Å²) in [5.74, 6) is -1.98. The van der Waals surface area contributed by atoms with Crippen molar-refractivity contribution in [3.8, 4) is 5.75 Å². The smallest absolute Gasteiger partial charge is 0.267 e. The molecule has 2 aromatic rings. The van der Waals surface area contributed by atoms with Gasteiger partial charge in [0.2, 0.25) is 0 Å². The van der Waals surface area contributed by atoms with Crippen LogP contribution in [0, 0.1) is 5.82 Å². The van der Waals surface area contributed by atoms with E-state index >= 15 is 0 Å². The Hall–Kier alpha value is -2.94. The van der Waals surface area contributed by atoms with Crippen molar-refractivity contribution in [3.63, 3.8) is 0 Å². The van der Waals surface area contributed by atoms with E-state index in [4.69, 9.17) is 4.74 Å². The van der Waals surface area contributed by atoms with E-state index in [0.717, 1.165) is 6.07 Å². The number of sulfonamides is 1. The lowest BCUT2D eigenvalue weighted by atomic mass is 10.2. The first-order valence-electron chi connectivity index (χ1n) is 7.75. The van der Waals surface area contributed by atoms with Gasteiger partial charge in [0, 0.05) is 0 Å². The largest absolute Gasteiger partial charge is 0.478 e. The molecule has 1 atom stereocenters. The number of benzene rings is 2. The summed E-state index contributed by atoms with van der Waals surface area (Å²) >= 11 is 0. The van der Waals surface area contributed by atoms with Crippen molar-refractivity contribution in [2.45, 2.75) is 24.3 Å². The van der Waals surface area contributed by atoms with Gasteiger partial charge in [-0.05, 0) is 36.8 Å². The van der Waals surface area contributed by atoms with Crippen LogP contribution in [0.3, 0.4) is 0 Å². The predicted octanol–water partition coefficient (Wildman–Crippen LogP) is 2.05. The van der Waals surface area contributed by atoms with E-state index in [1.165, 1.54) is 36.4 Å². The zero-order valence-corrected chi connectivity index (χ0v) is 14.5. The SMILES string of the molecule is CC[C@H]1Oc2ccc(S(=O)(=O)NC(=O)c3ccccc3F)cc2NC1=O. The molecule has 3 rings (SSSR count). The summed E-state index contributed by atoms with van der Waals surface area (Å²) in [7, 11) is -4.27. The lowest BCUT2D eigenvalue weighted by Gasteiger charge is -2.25. The molecule has 1 aliphatic rings. The summed E-state index contributed by atoms with van der Waals surface area (Å²) in [5.41, 5.74) is -0.211. The highest BCUT2D eigenvalue weighted by Gasteiger charge is 2.28. The summed E-state index contributed by atoms with van der Waals surface area (Å²) < 4.78 is 45.7. The number of carbonyl (C=O) groups is 2. The average molecular weight is 378 g/mol. The van der Waals surface area contributed by atoms with Crippen molar-refractivity contribution in [3.05, 3.63) is 53.8 Å². The van der Waals surface area contributed by atoms with Gasteiger partial charge >= 0.3 is 0 Å². The first kappa shape index (κ1) is 17.9. The van der Waals surface area contributed by atoms with Gasteiger partial charge in [-0.3, -0.25) is 9.59 Å². The Kier molecular flexibility index (Phi) is 4.64. The van der Waals surface area contributed by atoms with E-state index in [-0.39, 0.29) is 16.5 Å². The van der Waals surface area contributed by atoms with Gasteiger partial charge < -0.3 is 10.1 Å². The molecule has 0 bridgehead atoms. The first-order chi connectivity index (χ1) is 12.3. The molecule has 7 nitrogen and oxygen atoms in total. The molecule has 2 aromatic carbocycles. The van der Waals surface area contributed by atoms with Crippen molar-refractivity contribution in [1.29, 1.82) is 0 Å². The number of anilines is 1. The van der Waals surface area contributed by atoms with E-state index in [1.807, 2.05) is 4.72 Å². The molecule has 0 fully saturated rings. The van der Waals surface area contributed by atoms with Crippen molar-refractivity contribution < 1.29 is 27.1 Å². The van der Waals surface area contributed by atoms with Crippen LogP contribution in [-0.2, 0) is 14.8 Å². The molecule has 0 radical (unpaired) electrons. The maximum atomic E-state index is 13.6. The lowest BCUT2D eigenvalue weighted by molar-refractivity contribution is -0.123. The second-order valence-electron chi connectivity index (χ2n) is 5.58. The van der Waals surface area contributed by atoms with Crippen LogP contribution in [-0.4, -0.2) is 26.3 Å². The molecule has 0 unspecified atom stereocenters. The minimum Gasteiger partial charge on any atom is -0.478 e. The number of carbonyl (C=O) groups excluding carboxylic acids is 2. The Morgan fingerprint density at radius 3 is 2.69 bits per heavy atom. The highest BCUT2D eigenvalue weighted by Crippen LogP contribution is 2.32. The Morgan fingerprint density at radius 2 is 2.00 bits per heavy atom. The molecule has 26 heavy (non-hydrogen) atoms. The molecule has 0 saturated carbocycles. The van der Waals surface area contributed by atoms with Gasteiger partial charge in [-0.1, -0.05) is 19.1 Å². The highest BCUT2D eigenvalue weighted by atomic mass is 32.2. The number of amides is 2. The minimum atomic E-state index is -4.27. The number of hydrogen-bond acceptors (Lipinski definition) is 5. The maximum absolute atomic E-state index is 13.6. The number of rotatable bonds is 4. The van der Waals surface area contributed by atoms with Crippen LogP contribution in [0.2, 0.25) is 0 Å². The number of ether oxygens (including phenoxy) is 1. The Morgan fingerprint density at radius 1 is 1.27 bits per heavy atom. The number of nitrogens with one attached hydrogen (secondary N) is 2. The molecule has 0 aliphatic carbocycles. The molecule has 9 heteroatoms. The molecule has 2 amide bonds. The normalized spacial score (nSPS) is 16.2. The Labute approximate surface area is 149 Å². The van der Waals surface area contributed by atoms with E-state index < -0.39 is 33.4 Å². The van der Waals surface area contributed by atoms with Crippen molar-refractivity contribution >= 4 is 27.5 Å². The quantitative estimate of drug-likeness (QED) is 0.848. The molecule has 1 heterocycles. The summed E-state index contributed by atoms with van der Waals surface area (Å²) in [5, 5.41) is 2.57. The molecular formula is C17H15FN2O5S. The standard InChI is InChI=1S/C17H15FN2O5S/c1-2-14-17(22)19-13-9-10(7-8-15(13)25-14)26(23,24)20-16(21)11-5-3-4-6-12(11)18/h3-9,14H,2H2,1H3,(H,19,22)(H,20,21)/t14-/m1/s1. The van der Waals surface area contributed by atoms with Gasteiger partial charge in [-0.2, -0.15) is 0 Å². The van der Waals surface area contributed by atoms with Gasteiger partial charge in [0.1, 0.15) is 11.6 Å². The topological polar surface area (TPSA) is 102 Å². The molecule has 2 N–H and O–H groups in total. The number of hydrogen-bond donors (Lipinski definition) is 2. The monoisotopic (exact) mass is 378 g/mol. The van der Waals surface area contributed by atoms with Crippen molar-refractivity contribution in [1.82, 2.24) is 4.72 Å². The number of fused-ring (bicyclic) bond motifs is 1. The summed E-state index contributed by atoms with van der Waals surface area (Å²) in [4.78, 5) is 23.6. The third kappa shape index (κ3) is 3.38. The fourth-order valence-corrected chi connectivity index (χ4v) is 3.44. The second kappa shape index (κ2) is 6.75. The third-order valence-corrected chi connectivity index (χ3v) is 5.13. The van der Waals surface area contributed by atoms with Crippen LogP contribution < -0.4 is 14.8 Å².